The number of anilines is 2. The number of primary amides is 1. The van der Waals surface area contributed by atoms with Crippen molar-refractivity contribution in [1.29, 1.82) is 0 Å². The van der Waals surface area contributed by atoms with Gasteiger partial charge in [0.15, 0.2) is 6.29 Å². The highest BCUT2D eigenvalue weighted by Crippen LogP contribution is 2.20. The molecule has 1 fully saturated rings. The maximum absolute atomic E-state index is 11.9. The fourth-order valence-corrected chi connectivity index (χ4v) is 4.10. The largest absolute Gasteiger partial charge is 0.497 e. The van der Waals surface area contributed by atoms with Crippen LogP contribution in [0.5, 0.6) is 5.75 Å². The van der Waals surface area contributed by atoms with Crippen LogP contribution in [0.1, 0.15) is 12.0 Å². The highest BCUT2D eigenvalue weighted by atomic mass is 16.5. The number of nitrogens with two attached hydrogens (primary N) is 1. The Hall–Kier alpha value is -3.84. The van der Waals surface area contributed by atoms with Gasteiger partial charge in [-0.05, 0) is 54.8 Å². The molecule has 37 heavy (non-hydrogen) atoms. The molecule has 0 unspecified atom stereocenters. The average Bonchev–Trinajstić information content (AvgIpc) is 2.94. The summed E-state index contributed by atoms with van der Waals surface area (Å²) in [6.07, 6.45) is 2.09. The summed E-state index contributed by atoms with van der Waals surface area (Å²) in [5.41, 5.74) is 12.4. The van der Waals surface area contributed by atoms with Crippen LogP contribution in [-0.4, -0.2) is 70.5 Å². The van der Waals surface area contributed by atoms with E-state index in [1.807, 2.05) is 7.05 Å². The Morgan fingerprint density at radius 2 is 1.97 bits per heavy atom. The molecular weight excluding hydrogens is 466 g/mol. The van der Waals surface area contributed by atoms with Crippen LogP contribution in [0.15, 0.2) is 77.7 Å². The normalized spacial score (nSPS) is 13.2. The number of hydrogen-bond donors (Lipinski definition) is 3. The topological polar surface area (TPSA) is 99.9 Å². The van der Waals surface area contributed by atoms with Crippen LogP contribution in [0.4, 0.5) is 11.4 Å². The molecule has 1 saturated heterocycles. The van der Waals surface area contributed by atoms with E-state index in [1.165, 1.54) is 5.56 Å². The Labute approximate surface area is 219 Å². The minimum Gasteiger partial charge on any atom is -0.497 e. The van der Waals surface area contributed by atoms with Crippen molar-refractivity contribution in [2.75, 3.05) is 63.6 Å². The number of methoxy groups -OCH3 is 1. The Bertz CT molecular complexity index is 1150. The van der Waals surface area contributed by atoms with Gasteiger partial charge in [-0.25, -0.2) is 0 Å². The molecule has 1 aliphatic heterocycles. The first-order chi connectivity index (χ1) is 17.9. The van der Waals surface area contributed by atoms with Gasteiger partial charge in [-0.3, -0.25) is 9.59 Å². The van der Waals surface area contributed by atoms with Gasteiger partial charge in [0.2, 0.25) is 5.91 Å². The second-order valence-electron chi connectivity index (χ2n) is 9.01. The number of nitrogens with one attached hydrogen (secondary N) is 2. The molecule has 8 nitrogen and oxygen atoms in total. The fraction of sp³-hybridized carbons (Fsp3) is 0.345. The van der Waals surface area contributed by atoms with Crippen molar-refractivity contribution in [2.24, 2.45) is 5.73 Å². The van der Waals surface area contributed by atoms with Crippen molar-refractivity contribution in [2.45, 2.75) is 12.8 Å². The van der Waals surface area contributed by atoms with Gasteiger partial charge in [-0.1, -0.05) is 24.4 Å². The molecule has 196 valence electrons. The summed E-state index contributed by atoms with van der Waals surface area (Å²) in [4.78, 5) is 28.3. The second-order valence-corrected chi connectivity index (χ2v) is 9.01. The molecule has 1 aliphatic rings. The van der Waals surface area contributed by atoms with Crippen molar-refractivity contribution in [3.05, 3.63) is 83.2 Å². The molecular formula is C29H37N5O3. The molecule has 0 radical (unpaired) electrons. The van der Waals surface area contributed by atoms with E-state index >= 15 is 0 Å². The highest BCUT2D eigenvalue weighted by molar-refractivity contribution is 5.96. The van der Waals surface area contributed by atoms with Gasteiger partial charge >= 0.3 is 0 Å². The zero-order valence-corrected chi connectivity index (χ0v) is 21.8. The summed E-state index contributed by atoms with van der Waals surface area (Å²) in [7, 11) is 3.59. The standard InChI is InChI=1S/C29H37N5O3/c1-22(29(30)36)24(20-26(21-35)32-25-7-9-28(37-3)10-8-25)12-15-33(2)27-6-4-5-23(19-27)11-16-34-17-13-31-14-18-34/h4-10,19,21,31-32H,1,11-18H2,2-3H3,(H2,30,36). The summed E-state index contributed by atoms with van der Waals surface area (Å²) >= 11 is 0. The average molecular weight is 504 g/mol. The molecule has 1 amide bonds. The number of carbonyl (C=O) groups is 2. The number of benzene rings is 2. The molecule has 2 aromatic rings. The van der Waals surface area contributed by atoms with Crippen LogP contribution in [0.2, 0.25) is 0 Å². The summed E-state index contributed by atoms with van der Waals surface area (Å²) in [6, 6.07) is 15.6. The molecule has 3 rings (SSSR count). The van der Waals surface area contributed by atoms with E-state index in [-0.39, 0.29) is 11.3 Å². The number of amides is 1. The van der Waals surface area contributed by atoms with E-state index in [0.29, 0.717) is 36.3 Å². The van der Waals surface area contributed by atoms with Crippen molar-refractivity contribution in [3.63, 3.8) is 0 Å². The molecule has 0 spiro atoms. The SMILES string of the molecule is C=C(C(N)=O)C(=C=C(C=O)Nc1ccc(OC)cc1)CCN(C)c1cccc(CCN2CCNCC2)c1. The van der Waals surface area contributed by atoms with Crippen molar-refractivity contribution < 1.29 is 14.3 Å². The van der Waals surface area contributed by atoms with Crippen LogP contribution >= 0.6 is 0 Å². The minimum absolute atomic E-state index is 0.133. The summed E-state index contributed by atoms with van der Waals surface area (Å²) < 4.78 is 5.17. The molecule has 1 heterocycles. The predicted octanol–water partition coefficient (Wildman–Crippen LogP) is 2.73. The lowest BCUT2D eigenvalue weighted by molar-refractivity contribution is -0.114. The van der Waals surface area contributed by atoms with Crippen LogP contribution in [0.25, 0.3) is 0 Å². The van der Waals surface area contributed by atoms with E-state index in [0.717, 1.165) is 44.8 Å². The Morgan fingerprint density at radius 3 is 2.62 bits per heavy atom. The highest BCUT2D eigenvalue weighted by Gasteiger charge is 2.13. The first kappa shape index (κ1) is 27.7. The maximum atomic E-state index is 11.9. The van der Waals surface area contributed by atoms with E-state index in [1.54, 1.807) is 31.4 Å². The summed E-state index contributed by atoms with van der Waals surface area (Å²) in [5.74, 6) is 0.0613. The van der Waals surface area contributed by atoms with Gasteiger partial charge in [0.05, 0.1) is 7.11 Å². The van der Waals surface area contributed by atoms with Crippen LogP contribution in [0.3, 0.4) is 0 Å². The lowest BCUT2D eigenvalue weighted by Gasteiger charge is -2.27. The first-order valence-corrected chi connectivity index (χ1v) is 12.5. The van der Waals surface area contributed by atoms with Gasteiger partial charge in [0.1, 0.15) is 11.4 Å². The number of ether oxygens (including phenoxy) is 1. The summed E-state index contributed by atoms with van der Waals surface area (Å²) in [5, 5.41) is 6.41. The van der Waals surface area contributed by atoms with E-state index in [4.69, 9.17) is 10.5 Å². The molecule has 0 aromatic heterocycles. The van der Waals surface area contributed by atoms with Gasteiger partial charge in [0, 0.05) is 68.8 Å². The number of aldehydes is 1. The Morgan fingerprint density at radius 1 is 1.24 bits per heavy atom. The van der Waals surface area contributed by atoms with Gasteiger partial charge in [-0.2, -0.15) is 0 Å². The summed E-state index contributed by atoms with van der Waals surface area (Å²) in [6.45, 7) is 9.72. The number of hydrogen-bond acceptors (Lipinski definition) is 7. The molecule has 2 aromatic carbocycles. The van der Waals surface area contributed by atoms with E-state index in [2.05, 4.69) is 57.0 Å². The molecule has 0 saturated carbocycles. The second kappa shape index (κ2) is 14.0. The quantitative estimate of drug-likeness (QED) is 0.167. The van der Waals surface area contributed by atoms with Crippen molar-refractivity contribution in [1.82, 2.24) is 10.2 Å². The molecule has 0 aliphatic carbocycles. The monoisotopic (exact) mass is 503 g/mol. The number of piperazine rings is 1. The Kier molecular flexibility index (Phi) is 10.5. The van der Waals surface area contributed by atoms with Crippen LogP contribution in [0, 0.1) is 0 Å². The zero-order valence-electron chi connectivity index (χ0n) is 21.8. The van der Waals surface area contributed by atoms with Gasteiger partial charge in [0.25, 0.3) is 0 Å². The van der Waals surface area contributed by atoms with Crippen LogP contribution in [-0.2, 0) is 16.0 Å². The fourth-order valence-electron chi connectivity index (χ4n) is 4.10. The number of carbonyl (C=O) groups excluding carboxylic acids is 2. The maximum Gasteiger partial charge on any atom is 0.249 e. The first-order valence-electron chi connectivity index (χ1n) is 12.5. The third-order valence-electron chi connectivity index (χ3n) is 6.41. The molecule has 8 heteroatoms. The van der Waals surface area contributed by atoms with E-state index in [9.17, 15) is 9.59 Å². The molecule has 0 bridgehead atoms. The van der Waals surface area contributed by atoms with Crippen LogP contribution < -0.4 is 26.0 Å². The molecule has 0 atom stereocenters. The lowest BCUT2D eigenvalue weighted by Crippen LogP contribution is -2.44. The molecule has 4 N–H and O–H groups in total. The zero-order chi connectivity index (χ0) is 26.6. The van der Waals surface area contributed by atoms with E-state index < -0.39 is 5.91 Å². The minimum atomic E-state index is -0.644. The third-order valence-corrected chi connectivity index (χ3v) is 6.41. The third kappa shape index (κ3) is 8.65. The lowest BCUT2D eigenvalue weighted by atomic mass is 10.0. The van der Waals surface area contributed by atoms with Gasteiger partial charge < -0.3 is 30.9 Å². The van der Waals surface area contributed by atoms with Gasteiger partial charge in [-0.15, -0.1) is 0 Å². The Balaban J connectivity index is 1.70. The van der Waals surface area contributed by atoms with Crippen molar-refractivity contribution >= 4 is 23.6 Å². The number of nitrogens with zero attached hydrogens (tertiary/aromatic N) is 2. The van der Waals surface area contributed by atoms with Crippen molar-refractivity contribution in [3.8, 4) is 5.75 Å². The predicted molar refractivity (Wildman–Crippen MR) is 149 cm³/mol. The number of rotatable bonds is 13. The smallest absolute Gasteiger partial charge is 0.249 e.